The first-order valence-electron chi connectivity index (χ1n) is 8.55. The predicted octanol–water partition coefficient (Wildman–Crippen LogP) is 2.09. The van der Waals surface area contributed by atoms with Crippen molar-refractivity contribution in [3.05, 3.63) is 29.8 Å². The minimum absolute atomic E-state index is 0.673. The first-order chi connectivity index (χ1) is 11.2. The molecule has 1 aromatic rings. The fraction of sp³-hybridized carbons (Fsp3) is 0.611. The maximum atomic E-state index is 5.18. The second-order valence-electron chi connectivity index (χ2n) is 6.17. The largest absolute Gasteiger partial charge is 0.497 e. The molecule has 0 saturated carbocycles. The zero-order valence-electron chi connectivity index (χ0n) is 14.6. The quantitative estimate of drug-likeness (QED) is 0.623. The van der Waals surface area contributed by atoms with Crippen LogP contribution in [-0.4, -0.2) is 51.2 Å². The summed E-state index contributed by atoms with van der Waals surface area (Å²) in [6.07, 6.45) is 2.53. The van der Waals surface area contributed by atoms with E-state index in [9.17, 15) is 0 Å². The molecule has 5 nitrogen and oxygen atoms in total. The number of aliphatic imine (C=N–C) groups is 1. The third kappa shape index (κ3) is 6.10. The molecule has 1 saturated heterocycles. The number of hydrogen-bond acceptors (Lipinski definition) is 3. The molecule has 1 aliphatic rings. The molecular weight excluding hydrogens is 288 g/mol. The van der Waals surface area contributed by atoms with E-state index in [1.165, 1.54) is 31.5 Å². The van der Waals surface area contributed by atoms with Crippen LogP contribution < -0.4 is 15.4 Å². The average Bonchev–Trinajstić information content (AvgIpc) is 2.59. The number of hydrogen-bond donors (Lipinski definition) is 2. The molecule has 1 heterocycles. The van der Waals surface area contributed by atoms with E-state index < -0.39 is 0 Å². The Morgan fingerprint density at radius 3 is 2.52 bits per heavy atom. The molecule has 2 rings (SSSR count). The summed E-state index contributed by atoms with van der Waals surface area (Å²) in [5, 5.41) is 6.82. The van der Waals surface area contributed by atoms with Gasteiger partial charge in [0.1, 0.15) is 5.75 Å². The van der Waals surface area contributed by atoms with Gasteiger partial charge in [-0.3, -0.25) is 0 Å². The average molecular weight is 318 g/mol. The summed E-state index contributed by atoms with van der Waals surface area (Å²) in [5.41, 5.74) is 1.18. The van der Waals surface area contributed by atoms with Gasteiger partial charge in [-0.2, -0.15) is 0 Å². The van der Waals surface area contributed by atoms with Crippen molar-refractivity contribution in [1.29, 1.82) is 0 Å². The second-order valence-corrected chi connectivity index (χ2v) is 6.17. The number of piperidine rings is 1. The highest BCUT2D eigenvalue weighted by molar-refractivity contribution is 5.79. The van der Waals surface area contributed by atoms with Crippen LogP contribution in [0.3, 0.4) is 0 Å². The Morgan fingerprint density at radius 2 is 1.91 bits per heavy atom. The van der Waals surface area contributed by atoms with Gasteiger partial charge in [0.2, 0.25) is 0 Å². The van der Waals surface area contributed by atoms with Crippen molar-refractivity contribution in [3.8, 4) is 5.75 Å². The van der Waals surface area contributed by atoms with Gasteiger partial charge in [0.15, 0.2) is 5.96 Å². The lowest BCUT2D eigenvalue weighted by atomic mass is 9.97. The molecule has 5 heteroatoms. The molecule has 2 N–H and O–H groups in total. The van der Waals surface area contributed by atoms with E-state index >= 15 is 0 Å². The van der Waals surface area contributed by atoms with Crippen LogP contribution >= 0.6 is 0 Å². The van der Waals surface area contributed by atoms with Gasteiger partial charge in [-0.15, -0.1) is 0 Å². The molecule has 0 spiro atoms. The van der Waals surface area contributed by atoms with Crippen molar-refractivity contribution in [3.63, 3.8) is 0 Å². The fourth-order valence-electron chi connectivity index (χ4n) is 2.75. The van der Waals surface area contributed by atoms with Crippen LogP contribution in [0.25, 0.3) is 0 Å². The molecule has 0 atom stereocenters. The van der Waals surface area contributed by atoms with Gasteiger partial charge in [-0.05, 0) is 63.5 Å². The van der Waals surface area contributed by atoms with Crippen LogP contribution in [0, 0.1) is 5.92 Å². The summed E-state index contributed by atoms with van der Waals surface area (Å²) in [6, 6.07) is 8.07. The lowest BCUT2D eigenvalue weighted by Crippen LogP contribution is -2.42. The Bertz CT molecular complexity index is 478. The molecule has 1 fully saturated rings. The molecule has 1 aromatic carbocycles. The lowest BCUT2D eigenvalue weighted by Gasteiger charge is -2.29. The van der Waals surface area contributed by atoms with Crippen LogP contribution in [0.2, 0.25) is 0 Å². The van der Waals surface area contributed by atoms with Crippen molar-refractivity contribution in [1.82, 2.24) is 15.5 Å². The number of ether oxygens (including phenoxy) is 1. The molecule has 0 aromatic heterocycles. The SMILES string of the molecule is CCNC(=NCc1ccc(OC)cc1)NCC1CCN(C)CC1. The van der Waals surface area contributed by atoms with Crippen LogP contribution in [0.15, 0.2) is 29.3 Å². The van der Waals surface area contributed by atoms with E-state index in [0.29, 0.717) is 6.54 Å². The van der Waals surface area contributed by atoms with Gasteiger partial charge >= 0.3 is 0 Å². The second kappa shape index (κ2) is 9.40. The number of guanidine groups is 1. The molecule has 0 unspecified atom stereocenters. The van der Waals surface area contributed by atoms with Crippen LogP contribution in [0.5, 0.6) is 5.75 Å². The lowest BCUT2D eigenvalue weighted by molar-refractivity contribution is 0.220. The molecular formula is C18H30N4O. The Kier molecular flexibility index (Phi) is 7.20. The molecule has 23 heavy (non-hydrogen) atoms. The predicted molar refractivity (Wildman–Crippen MR) is 96.0 cm³/mol. The van der Waals surface area contributed by atoms with Gasteiger partial charge in [0.05, 0.1) is 13.7 Å². The fourth-order valence-corrected chi connectivity index (χ4v) is 2.75. The molecule has 128 valence electrons. The van der Waals surface area contributed by atoms with Crippen LogP contribution in [0.4, 0.5) is 0 Å². The topological polar surface area (TPSA) is 48.9 Å². The minimum Gasteiger partial charge on any atom is -0.497 e. The van der Waals surface area contributed by atoms with E-state index in [1.807, 2.05) is 12.1 Å². The third-order valence-electron chi connectivity index (χ3n) is 4.32. The van der Waals surface area contributed by atoms with Crippen molar-refractivity contribution in [2.24, 2.45) is 10.9 Å². The summed E-state index contributed by atoms with van der Waals surface area (Å²) < 4.78 is 5.18. The van der Waals surface area contributed by atoms with Crippen molar-refractivity contribution in [2.45, 2.75) is 26.3 Å². The summed E-state index contributed by atoms with van der Waals surface area (Å²) in [7, 11) is 3.88. The number of nitrogens with one attached hydrogen (secondary N) is 2. The number of benzene rings is 1. The summed E-state index contributed by atoms with van der Waals surface area (Å²) in [4.78, 5) is 7.08. The highest BCUT2D eigenvalue weighted by atomic mass is 16.5. The first-order valence-corrected chi connectivity index (χ1v) is 8.55. The normalized spacial score (nSPS) is 17.1. The smallest absolute Gasteiger partial charge is 0.191 e. The Morgan fingerprint density at radius 1 is 1.22 bits per heavy atom. The van der Waals surface area contributed by atoms with E-state index in [2.05, 4.69) is 46.6 Å². The number of likely N-dealkylation sites (tertiary alicyclic amines) is 1. The van der Waals surface area contributed by atoms with Gasteiger partial charge in [0, 0.05) is 13.1 Å². The van der Waals surface area contributed by atoms with Crippen molar-refractivity contribution < 1.29 is 4.74 Å². The maximum absolute atomic E-state index is 5.18. The van der Waals surface area contributed by atoms with E-state index in [-0.39, 0.29) is 0 Å². The maximum Gasteiger partial charge on any atom is 0.191 e. The Labute approximate surface area is 140 Å². The monoisotopic (exact) mass is 318 g/mol. The summed E-state index contributed by atoms with van der Waals surface area (Å²) in [6.45, 7) is 7.05. The number of nitrogens with zero attached hydrogens (tertiary/aromatic N) is 2. The van der Waals surface area contributed by atoms with Crippen LogP contribution in [0.1, 0.15) is 25.3 Å². The van der Waals surface area contributed by atoms with Crippen molar-refractivity contribution >= 4 is 5.96 Å². The molecule has 0 bridgehead atoms. The molecule has 0 aliphatic carbocycles. The van der Waals surface area contributed by atoms with Gasteiger partial charge in [-0.1, -0.05) is 12.1 Å². The Balaban J connectivity index is 1.83. The third-order valence-corrected chi connectivity index (χ3v) is 4.32. The molecule has 0 amide bonds. The van der Waals surface area contributed by atoms with E-state index in [4.69, 9.17) is 4.74 Å². The zero-order valence-corrected chi connectivity index (χ0v) is 14.6. The van der Waals surface area contributed by atoms with Gasteiger partial charge < -0.3 is 20.3 Å². The van der Waals surface area contributed by atoms with Crippen molar-refractivity contribution in [2.75, 3.05) is 40.3 Å². The summed E-state index contributed by atoms with van der Waals surface area (Å²) in [5.74, 6) is 2.53. The van der Waals surface area contributed by atoms with Gasteiger partial charge in [0.25, 0.3) is 0 Å². The van der Waals surface area contributed by atoms with Crippen LogP contribution in [-0.2, 0) is 6.54 Å². The Hall–Kier alpha value is -1.75. The van der Waals surface area contributed by atoms with E-state index in [0.717, 1.165) is 30.7 Å². The highest BCUT2D eigenvalue weighted by Gasteiger charge is 2.16. The van der Waals surface area contributed by atoms with Gasteiger partial charge in [-0.25, -0.2) is 4.99 Å². The number of methoxy groups -OCH3 is 1. The summed E-state index contributed by atoms with van der Waals surface area (Å²) >= 11 is 0. The first kappa shape index (κ1) is 17.6. The highest BCUT2D eigenvalue weighted by Crippen LogP contribution is 2.15. The molecule has 1 aliphatic heterocycles. The van der Waals surface area contributed by atoms with E-state index in [1.54, 1.807) is 7.11 Å². The minimum atomic E-state index is 0.673. The number of rotatable bonds is 6. The molecule has 0 radical (unpaired) electrons. The zero-order chi connectivity index (χ0) is 16.5. The standard InChI is InChI=1S/C18H30N4O/c1-4-19-18(21-14-16-9-11-22(2)12-10-16)20-13-15-5-7-17(23-3)8-6-15/h5-8,16H,4,9-14H2,1-3H3,(H2,19,20,21).